The van der Waals surface area contributed by atoms with Gasteiger partial charge in [0.15, 0.2) is 0 Å². The lowest BCUT2D eigenvalue weighted by Gasteiger charge is -2.31. The van der Waals surface area contributed by atoms with Gasteiger partial charge in [0, 0.05) is 19.0 Å². The highest BCUT2D eigenvalue weighted by Crippen LogP contribution is 2.26. The van der Waals surface area contributed by atoms with Crippen LogP contribution >= 0.6 is 0 Å². The van der Waals surface area contributed by atoms with E-state index in [-0.39, 0.29) is 29.1 Å². The predicted octanol–water partition coefficient (Wildman–Crippen LogP) is 2.28. The van der Waals surface area contributed by atoms with Crippen molar-refractivity contribution in [1.29, 1.82) is 0 Å². The number of nitrogens with one attached hydrogen (secondary N) is 1. The second-order valence-electron chi connectivity index (χ2n) is 6.47. The summed E-state index contributed by atoms with van der Waals surface area (Å²) in [6, 6.07) is 11.5. The summed E-state index contributed by atoms with van der Waals surface area (Å²) >= 11 is 0. The normalized spacial score (nSPS) is 14.4. The molecule has 1 fully saturated rings. The van der Waals surface area contributed by atoms with Crippen LogP contribution in [0.3, 0.4) is 0 Å². The molecule has 2 aromatic rings. The number of hydrogen-bond donors (Lipinski definition) is 2. The Morgan fingerprint density at radius 2 is 1.75 bits per heavy atom. The molecule has 2 heterocycles. The van der Waals surface area contributed by atoms with E-state index in [1.54, 1.807) is 24.1 Å². The highest BCUT2D eigenvalue weighted by molar-refractivity contribution is 5.96. The van der Waals surface area contributed by atoms with Crippen LogP contribution in [0.1, 0.15) is 33.8 Å². The Morgan fingerprint density at radius 1 is 1.07 bits per heavy atom. The molecule has 0 unspecified atom stereocenters. The van der Waals surface area contributed by atoms with Gasteiger partial charge in [-0.15, -0.1) is 0 Å². The van der Waals surface area contributed by atoms with E-state index in [1.165, 1.54) is 18.2 Å². The molecule has 1 aromatic carbocycles. The maximum absolute atomic E-state index is 12.6. The number of benzene rings is 1. The molecule has 1 aliphatic heterocycles. The van der Waals surface area contributed by atoms with Gasteiger partial charge in [-0.1, -0.05) is 18.2 Å². The van der Waals surface area contributed by atoms with Gasteiger partial charge in [0.25, 0.3) is 5.91 Å². The van der Waals surface area contributed by atoms with Gasteiger partial charge in [-0.2, -0.15) is 0 Å². The maximum atomic E-state index is 12.6. The molecule has 2 N–H and O–H groups in total. The third-order valence-corrected chi connectivity index (χ3v) is 4.71. The Labute approximate surface area is 162 Å². The minimum atomic E-state index is -1.18. The van der Waals surface area contributed by atoms with Crippen LogP contribution in [0.4, 0.5) is 5.69 Å². The zero-order chi connectivity index (χ0) is 20.1. The summed E-state index contributed by atoms with van der Waals surface area (Å²) in [5.41, 5.74) is 0.539. The van der Waals surface area contributed by atoms with Crippen LogP contribution in [-0.4, -0.2) is 53.0 Å². The molecule has 8 heteroatoms. The van der Waals surface area contributed by atoms with E-state index < -0.39 is 5.97 Å². The number of rotatable bonds is 5. The summed E-state index contributed by atoms with van der Waals surface area (Å²) in [4.78, 5) is 41.6. The zero-order valence-corrected chi connectivity index (χ0v) is 15.4. The third-order valence-electron chi connectivity index (χ3n) is 4.71. The van der Waals surface area contributed by atoms with Gasteiger partial charge in [-0.25, -0.2) is 9.78 Å². The molecule has 0 radical (unpaired) electrons. The fourth-order valence-corrected chi connectivity index (χ4v) is 3.16. The maximum Gasteiger partial charge on any atom is 0.354 e. The lowest BCUT2D eigenvalue weighted by Crippen LogP contribution is -2.41. The highest BCUT2D eigenvalue weighted by atomic mass is 16.5. The molecule has 3 rings (SSSR count). The molecule has 8 nitrogen and oxygen atoms in total. The molecule has 0 spiro atoms. The number of hydrogen-bond acceptors (Lipinski definition) is 5. The first-order valence-electron chi connectivity index (χ1n) is 8.93. The minimum absolute atomic E-state index is 0.0943. The van der Waals surface area contributed by atoms with Crippen molar-refractivity contribution in [2.45, 2.75) is 12.8 Å². The predicted molar refractivity (Wildman–Crippen MR) is 101 cm³/mol. The van der Waals surface area contributed by atoms with Crippen LogP contribution in [0.5, 0.6) is 5.75 Å². The minimum Gasteiger partial charge on any atom is -0.495 e. The Balaban J connectivity index is 1.59. The second-order valence-corrected chi connectivity index (χ2v) is 6.47. The Hall–Kier alpha value is -3.42. The molecular formula is C20H21N3O5. The van der Waals surface area contributed by atoms with Crippen LogP contribution in [0, 0.1) is 5.92 Å². The number of carboxylic acids is 1. The molecule has 28 heavy (non-hydrogen) atoms. The number of carboxylic acid groups (broad SMARTS) is 1. The quantitative estimate of drug-likeness (QED) is 0.820. The van der Waals surface area contributed by atoms with Gasteiger partial charge in [-0.3, -0.25) is 9.59 Å². The SMILES string of the molecule is COc1ccccc1NC(=O)C1CCN(C(=O)c2cccc(C(=O)O)n2)CC1. The van der Waals surface area contributed by atoms with E-state index >= 15 is 0 Å². The average Bonchev–Trinajstić information content (AvgIpc) is 2.73. The zero-order valence-electron chi connectivity index (χ0n) is 15.4. The first-order valence-corrected chi connectivity index (χ1v) is 8.93. The number of pyridine rings is 1. The van der Waals surface area contributed by atoms with Gasteiger partial charge in [0.2, 0.25) is 5.91 Å². The van der Waals surface area contributed by atoms with Crippen molar-refractivity contribution in [1.82, 2.24) is 9.88 Å². The number of amides is 2. The number of anilines is 1. The monoisotopic (exact) mass is 383 g/mol. The van der Waals surface area contributed by atoms with E-state index in [0.29, 0.717) is 37.4 Å². The van der Waals surface area contributed by atoms with Crippen LogP contribution in [-0.2, 0) is 4.79 Å². The topological polar surface area (TPSA) is 109 Å². The molecule has 2 amide bonds. The smallest absolute Gasteiger partial charge is 0.354 e. The van der Waals surface area contributed by atoms with Crippen molar-refractivity contribution in [2.75, 3.05) is 25.5 Å². The summed E-state index contributed by atoms with van der Waals surface area (Å²) in [6.07, 6.45) is 1.04. The van der Waals surface area contributed by atoms with Crippen LogP contribution in [0.2, 0.25) is 0 Å². The first kappa shape index (κ1) is 19.3. The molecular weight excluding hydrogens is 362 g/mol. The van der Waals surface area contributed by atoms with Crippen molar-refractivity contribution in [3.63, 3.8) is 0 Å². The first-order chi connectivity index (χ1) is 13.5. The van der Waals surface area contributed by atoms with Crippen LogP contribution < -0.4 is 10.1 Å². The summed E-state index contributed by atoms with van der Waals surface area (Å²) in [6.45, 7) is 0.809. The van der Waals surface area contributed by atoms with Gasteiger partial charge >= 0.3 is 5.97 Å². The molecule has 0 bridgehead atoms. The Morgan fingerprint density at radius 3 is 2.43 bits per heavy atom. The number of likely N-dealkylation sites (tertiary alicyclic amines) is 1. The van der Waals surface area contributed by atoms with Gasteiger partial charge in [0.1, 0.15) is 17.1 Å². The molecule has 0 aliphatic carbocycles. The third kappa shape index (κ3) is 4.28. The molecule has 1 aromatic heterocycles. The van der Waals surface area contributed by atoms with Crippen molar-refractivity contribution < 1.29 is 24.2 Å². The molecule has 1 aliphatic rings. The number of methoxy groups -OCH3 is 1. The summed E-state index contributed by atoms with van der Waals surface area (Å²) in [5.74, 6) is -1.24. The lowest BCUT2D eigenvalue weighted by molar-refractivity contribution is -0.121. The summed E-state index contributed by atoms with van der Waals surface area (Å²) in [7, 11) is 1.54. The molecule has 0 atom stereocenters. The van der Waals surface area contributed by atoms with Crippen molar-refractivity contribution in [3.05, 3.63) is 53.9 Å². The number of nitrogens with zero attached hydrogens (tertiary/aromatic N) is 2. The number of carbonyl (C=O) groups is 3. The molecule has 1 saturated heterocycles. The second kappa shape index (κ2) is 8.51. The van der Waals surface area contributed by atoms with Gasteiger partial charge in [0.05, 0.1) is 12.8 Å². The van der Waals surface area contributed by atoms with E-state index in [1.807, 2.05) is 12.1 Å². The van der Waals surface area contributed by atoms with Crippen molar-refractivity contribution in [3.8, 4) is 5.75 Å². The lowest BCUT2D eigenvalue weighted by atomic mass is 9.95. The highest BCUT2D eigenvalue weighted by Gasteiger charge is 2.29. The van der Waals surface area contributed by atoms with Crippen molar-refractivity contribution >= 4 is 23.5 Å². The summed E-state index contributed by atoms with van der Waals surface area (Å²) < 4.78 is 5.24. The standard InChI is InChI=1S/C20H21N3O5/c1-28-17-8-3-2-5-14(17)22-18(24)13-9-11-23(12-10-13)19(25)15-6-4-7-16(21-15)20(26)27/h2-8,13H,9-12H2,1H3,(H,22,24)(H,26,27). The van der Waals surface area contributed by atoms with Gasteiger partial charge < -0.3 is 20.1 Å². The van der Waals surface area contributed by atoms with Crippen LogP contribution in [0.15, 0.2) is 42.5 Å². The van der Waals surface area contributed by atoms with E-state index in [0.717, 1.165) is 0 Å². The van der Waals surface area contributed by atoms with E-state index in [9.17, 15) is 14.4 Å². The Kier molecular flexibility index (Phi) is 5.88. The number of para-hydroxylation sites is 2. The number of aromatic nitrogens is 1. The number of aromatic carboxylic acids is 1. The molecule has 0 saturated carbocycles. The van der Waals surface area contributed by atoms with E-state index in [4.69, 9.17) is 9.84 Å². The Bertz CT molecular complexity index is 891. The fraction of sp³-hybridized carbons (Fsp3) is 0.300. The van der Waals surface area contributed by atoms with E-state index in [2.05, 4.69) is 10.3 Å². The van der Waals surface area contributed by atoms with Gasteiger partial charge in [-0.05, 0) is 37.1 Å². The van der Waals surface area contributed by atoms with Crippen molar-refractivity contribution in [2.24, 2.45) is 5.92 Å². The fourth-order valence-electron chi connectivity index (χ4n) is 3.16. The molecule has 146 valence electrons. The van der Waals surface area contributed by atoms with Crippen LogP contribution in [0.25, 0.3) is 0 Å². The number of ether oxygens (including phenoxy) is 1. The average molecular weight is 383 g/mol. The number of carbonyl (C=O) groups excluding carboxylic acids is 2. The summed E-state index contributed by atoms with van der Waals surface area (Å²) in [5, 5.41) is 11.9. The number of piperidine rings is 1. The largest absolute Gasteiger partial charge is 0.495 e.